The van der Waals surface area contributed by atoms with E-state index >= 15 is 0 Å². The van der Waals surface area contributed by atoms with Gasteiger partial charge >= 0.3 is 6.09 Å². The number of rotatable bonds is 8. The minimum absolute atomic E-state index is 0.0169. The number of hydrogen-bond acceptors (Lipinski definition) is 9. The van der Waals surface area contributed by atoms with Crippen LogP contribution >= 0.6 is 0 Å². The van der Waals surface area contributed by atoms with Gasteiger partial charge in [-0.05, 0) is 70.0 Å². The second-order valence-corrected chi connectivity index (χ2v) is 12.6. The highest BCUT2D eigenvalue weighted by Gasteiger charge is 2.36. The molecule has 45 heavy (non-hydrogen) atoms. The molecule has 13 heteroatoms. The topological polar surface area (TPSA) is 118 Å². The summed E-state index contributed by atoms with van der Waals surface area (Å²) in [5, 5.41) is 0. The van der Waals surface area contributed by atoms with Crippen molar-refractivity contribution < 1.29 is 18.3 Å². The number of ether oxygens (including phenoxy) is 1. The number of nitrogens with zero attached hydrogens (tertiary/aromatic N) is 7. The maximum atomic E-state index is 13.9. The number of nitrogen functional groups attached to an aromatic ring is 1. The number of carbonyl (C=O) groups is 1. The molecule has 0 spiro atoms. The fourth-order valence-electron chi connectivity index (χ4n) is 5.72. The van der Waals surface area contributed by atoms with Gasteiger partial charge in [-0.15, -0.1) is 0 Å². The fourth-order valence-corrected chi connectivity index (χ4v) is 5.72. The molecule has 3 N–H and O–H groups in total. The third-order valence-electron chi connectivity index (χ3n) is 7.97. The van der Waals surface area contributed by atoms with Gasteiger partial charge < -0.3 is 19.1 Å². The average molecular weight is 622 g/mol. The SMILES string of the molecule is C[C@@H]1CN(c2nc(NN)nc3c2ncn3CCN(C)C(=O)OC(C)(C)C)[C@@H](C)CN1C(c1ccc(F)cc1)c1ccc(F)cc1. The number of nitrogens with one attached hydrogen (secondary N) is 1. The van der Waals surface area contributed by atoms with Gasteiger partial charge in [0.2, 0.25) is 5.95 Å². The summed E-state index contributed by atoms with van der Waals surface area (Å²) in [5.41, 5.74) is 5.04. The number of nitrogens with two attached hydrogens (primary N) is 1. The van der Waals surface area contributed by atoms with E-state index in [1.54, 1.807) is 37.6 Å². The van der Waals surface area contributed by atoms with Gasteiger partial charge in [0.05, 0.1) is 12.4 Å². The minimum Gasteiger partial charge on any atom is -0.444 e. The van der Waals surface area contributed by atoms with Crippen LogP contribution in [0.15, 0.2) is 54.9 Å². The third-order valence-corrected chi connectivity index (χ3v) is 7.97. The lowest BCUT2D eigenvalue weighted by atomic mass is 9.93. The van der Waals surface area contributed by atoms with E-state index in [0.717, 1.165) is 11.1 Å². The van der Waals surface area contributed by atoms with E-state index < -0.39 is 11.7 Å². The van der Waals surface area contributed by atoms with Crippen molar-refractivity contribution in [2.75, 3.05) is 37.0 Å². The number of likely N-dealkylation sites (N-methyl/N-ethyl adjacent to an activating group) is 1. The van der Waals surface area contributed by atoms with Crippen molar-refractivity contribution >= 4 is 29.0 Å². The molecular weight excluding hydrogens is 580 g/mol. The van der Waals surface area contributed by atoms with Crippen LogP contribution in [0.4, 0.5) is 25.3 Å². The first kappa shape index (κ1) is 32.0. The number of amides is 1. The zero-order chi connectivity index (χ0) is 32.5. The Kier molecular flexibility index (Phi) is 9.21. The lowest BCUT2D eigenvalue weighted by Crippen LogP contribution is -2.57. The van der Waals surface area contributed by atoms with Crippen LogP contribution in [0.5, 0.6) is 0 Å². The second-order valence-electron chi connectivity index (χ2n) is 12.6. The molecular formula is C32H41F2N9O2. The molecule has 1 aliphatic heterocycles. The molecule has 1 fully saturated rings. The molecule has 11 nitrogen and oxygen atoms in total. The Labute approximate surface area is 262 Å². The molecule has 2 aromatic heterocycles. The summed E-state index contributed by atoms with van der Waals surface area (Å²) in [6, 6.07) is 12.8. The zero-order valence-electron chi connectivity index (χ0n) is 26.5. The van der Waals surface area contributed by atoms with Crippen LogP contribution < -0.4 is 16.2 Å². The van der Waals surface area contributed by atoms with Gasteiger partial charge in [-0.2, -0.15) is 9.97 Å². The monoisotopic (exact) mass is 621 g/mol. The third kappa shape index (κ3) is 7.15. The van der Waals surface area contributed by atoms with E-state index in [9.17, 15) is 13.6 Å². The first-order chi connectivity index (χ1) is 21.3. The second kappa shape index (κ2) is 12.9. The van der Waals surface area contributed by atoms with E-state index in [0.29, 0.717) is 43.2 Å². The quantitative estimate of drug-likeness (QED) is 0.208. The van der Waals surface area contributed by atoms with Gasteiger partial charge in [0.1, 0.15) is 17.2 Å². The number of halogens is 2. The molecule has 0 saturated carbocycles. The standard InChI is InChI=1S/C32H41F2N9O2/c1-20-18-43(21(2)17-42(20)27(22-7-11-24(33)12-8-22)23-9-13-25(34)14-10-23)29-26-28(37-30(38-29)39-35)41(19-36-26)16-15-40(6)31(44)45-32(3,4)5/h7-14,19-21,27H,15-18,35H2,1-6H3,(H,37,38,39)/t20-,21+/m1/s1. The minimum atomic E-state index is -0.591. The first-order valence-electron chi connectivity index (χ1n) is 15.0. The number of fused-ring (bicyclic) bond motifs is 1. The van der Waals surface area contributed by atoms with Crippen molar-refractivity contribution in [1.82, 2.24) is 29.3 Å². The Bertz CT molecular complexity index is 1580. The predicted molar refractivity (Wildman–Crippen MR) is 170 cm³/mol. The molecule has 5 rings (SSSR count). The summed E-state index contributed by atoms with van der Waals surface area (Å²) in [6.45, 7) is 11.8. The zero-order valence-corrected chi connectivity index (χ0v) is 26.5. The van der Waals surface area contributed by atoms with Crippen molar-refractivity contribution in [3.63, 3.8) is 0 Å². The van der Waals surface area contributed by atoms with E-state index in [1.165, 1.54) is 29.2 Å². The number of piperazine rings is 1. The number of benzene rings is 2. The molecule has 0 unspecified atom stereocenters. The van der Waals surface area contributed by atoms with E-state index in [4.69, 9.17) is 15.6 Å². The maximum absolute atomic E-state index is 13.9. The van der Waals surface area contributed by atoms with Gasteiger partial charge in [0, 0.05) is 45.3 Å². The normalized spacial score (nSPS) is 17.6. The first-order valence-corrected chi connectivity index (χ1v) is 15.0. The molecule has 1 saturated heterocycles. The Balaban J connectivity index is 1.42. The summed E-state index contributed by atoms with van der Waals surface area (Å²) < 4.78 is 35.1. The molecule has 0 bridgehead atoms. The number of aromatic nitrogens is 4. The number of anilines is 2. The molecule has 0 aliphatic carbocycles. The van der Waals surface area contributed by atoms with Gasteiger partial charge in [-0.25, -0.2) is 24.4 Å². The van der Waals surface area contributed by atoms with Crippen molar-refractivity contribution in [2.24, 2.45) is 5.84 Å². The Morgan fingerprint density at radius 2 is 1.62 bits per heavy atom. The summed E-state index contributed by atoms with van der Waals surface area (Å²) in [5.74, 6) is 6.07. The Morgan fingerprint density at radius 3 is 2.18 bits per heavy atom. The van der Waals surface area contributed by atoms with Crippen LogP contribution in [0.25, 0.3) is 11.2 Å². The van der Waals surface area contributed by atoms with Crippen LogP contribution in [0.3, 0.4) is 0 Å². The summed E-state index contributed by atoms with van der Waals surface area (Å²) in [7, 11) is 1.69. The van der Waals surface area contributed by atoms with Crippen LogP contribution in [-0.2, 0) is 11.3 Å². The number of imidazole rings is 1. The predicted octanol–water partition coefficient (Wildman–Crippen LogP) is 4.95. The molecule has 4 aromatic rings. The summed E-state index contributed by atoms with van der Waals surface area (Å²) >= 11 is 0. The summed E-state index contributed by atoms with van der Waals surface area (Å²) in [4.78, 5) is 32.6. The van der Waals surface area contributed by atoms with E-state index in [2.05, 4.69) is 39.0 Å². The molecule has 1 amide bonds. The highest BCUT2D eigenvalue weighted by atomic mass is 19.1. The van der Waals surface area contributed by atoms with Gasteiger partial charge in [0.25, 0.3) is 0 Å². The van der Waals surface area contributed by atoms with Crippen LogP contribution in [0.2, 0.25) is 0 Å². The largest absolute Gasteiger partial charge is 0.444 e. The smallest absolute Gasteiger partial charge is 0.410 e. The van der Waals surface area contributed by atoms with E-state index in [1.807, 2.05) is 25.3 Å². The van der Waals surface area contributed by atoms with Crippen molar-refractivity contribution in [2.45, 2.75) is 64.9 Å². The van der Waals surface area contributed by atoms with Gasteiger partial charge in [-0.1, -0.05) is 24.3 Å². The average Bonchev–Trinajstić information content (AvgIpc) is 3.41. The molecule has 240 valence electrons. The Morgan fingerprint density at radius 1 is 1.02 bits per heavy atom. The number of hydrogen-bond donors (Lipinski definition) is 2. The molecule has 2 atom stereocenters. The van der Waals surface area contributed by atoms with Crippen LogP contribution in [-0.4, -0.2) is 79.8 Å². The fraction of sp³-hybridized carbons (Fsp3) is 0.438. The lowest BCUT2D eigenvalue weighted by Gasteiger charge is -2.48. The number of carbonyl (C=O) groups excluding carboxylic acids is 1. The van der Waals surface area contributed by atoms with Crippen molar-refractivity contribution in [3.8, 4) is 0 Å². The van der Waals surface area contributed by atoms with Crippen LogP contribution in [0.1, 0.15) is 51.8 Å². The van der Waals surface area contributed by atoms with Gasteiger partial charge in [-0.3, -0.25) is 10.3 Å². The molecule has 2 aromatic carbocycles. The molecule has 1 aliphatic rings. The lowest BCUT2D eigenvalue weighted by molar-refractivity contribution is 0.0294. The van der Waals surface area contributed by atoms with Crippen molar-refractivity contribution in [1.29, 1.82) is 0 Å². The summed E-state index contributed by atoms with van der Waals surface area (Å²) in [6.07, 6.45) is 1.28. The van der Waals surface area contributed by atoms with Crippen LogP contribution in [0, 0.1) is 11.6 Å². The number of hydrazine groups is 1. The molecule has 0 radical (unpaired) electrons. The van der Waals surface area contributed by atoms with E-state index in [-0.39, 0.29) is 35.7 Å². The Hall–Kier alpha value is -4.36. The highest BCUT2D eigenvalue weighted by Crippen LogP contribution is 2.36. The molecule has 3 heterocycles. The highest BCUT2D eigenvalue weighted by molar-refractivity contribution is 5.85. The van der Waals surface area contributed by atoms with Gasteiger partial charge in [0.15, 0.2) is 17.0 Å². The van der Waals surface area contributed by atoms with Crippen molar-refractivity contribution in [3.05, 3.63) is 77.6 Å². The maximum Gasteiger partial charge on any atom is 0.410 e.